The second kappa shape index (κ2) is 9.33. The molecule has 1 fully saturated rings. The number of hydrogen-bond donors (Lipinski definition) is 1. The van der Waals surface area contributed by atoms with Gasteiger partial charge in [0.15, 0.2) is 9.47 Å². The number of amidine groups is 1. The SMILES string of the molecule is O=C(NC1CCCCC1)C1=IN(c2ccc(Cl)cc2)C(c2ccc(Cl)cc2Cl)=N1. The molecule has 1 saturated carbocycles. The van der Waals surface area contributed by atoms with E-state index in [1.54, 1.807) is 12.1 Å². The molecule has 1 heterocycles. The predicted molar refractivity (Wildman–Crippen MR) is 131 cm³/mol. The number of amides is 1. The number of anilines is 1. The number of carbonyl (C=O) groups is 1. The fraction of sp³-hybridized carbons (Fsp3) is 0.286. The number of rotatable bonds is 4. The lowest BCUT2D eigenvalue weighted by Gasteiger charge is -2.22. The van der Waals surface area contributed by atoms with Crippen molar-refractivity contribution in [1.82, 2.24) is 5.32 Å². The molecule has 8 heteroatoms. The van der Waals surface area contributed by atoms with Gasteiger partial charge >= 0.3 is 0 Å². The van der Waals surface area contributed by atoms with Crippen molar-refractivity contribution in [2.45, 2.75) is 38.1 Å². The van der Waals surface area contributed by atoms with Crippen molar-refractivity contribution in [1.29, 1.82) is 0 Å². The lowest BCUT2D eigenvalue weighted by molar-refractivity contribution is -0.115. The van der Waals surface area contributed by atoms with Gasteiger partial charge in [-0.05, 0) is 55.3 Å². The van der Waals surface area contributed by atoms with Crippen molar-refractivity contribution >= 4 is 76.9 Å². The van der Waals surface area contributed by atoms with Crippen LogP contribution in [0.1, 0.15) is 37.7 Å². The van der Waals surface area contributed by atoms with E-state index in [0.29, 0.717) is 24.5 Å². The van der Waals surface area contributed by atoms with Gasteiger partial charge in [0.05, 0.1) is 10.7 Å². The Balaban J connectivity index is 1.67. The van der Waals surface area contributed by atoms with Gasteiger partial charge in [0, 0.05) is 42.7 Å². The van der Waals surface area contributed by atoms with Crippen molar-refractivity contribution in [2.24, 2.45) is 4.99 Å². The van der Waals surface area contributed by atoms with E-state index in [2.05, 4.69) is 8.43 Å². The van der Waals surface area contributed by atoms with E-state index in [4.69, 9.17) is 39.8 Å². The molecule has 0 unspecified atom stereocenters. The lowest BCUT2D eigenvalue weighted by Crippen LogP contribution is -2.39. The Labute approximate surface area is 195 Å². The first-order valence-electron chi connectivity index (χ1n) is 9.44. The first-order valence-corrected chi connectivity index (χ1v) is 12.6. The zero-order valence-corrected chi connectivity index (χ0v) is 19.9. The predicted octanol–water partition coefficient (Wildman–Crippen LogP) is 6.38. The van der Waals surface area contributed by atoms with Crippen molar-refractivity contribution < 1.29 is 4.79 Å². The highest BCUT2D eigenvalue weighted by Gasteiger charge is 2.28. The second-order valence-electron chi connectivity index (χ2n) is 7.00. The van der Waals surface area contributed by atoms with E-state index in [1.165, 1.54) is 19.3 Å². The van der Waals surface area contributed by atoms with E-state index in [-0.39, 0.29) is 11.9 Å². The van der Waals surface area contributed by atoms with Gasteiger partial charge < -0.3 is 5.32 Å². The molecule has 4 nitrogen and oxygen atoms in total. The van der Waals surface area contributed by atoms with Gasteiger partial charge in [0.25, 0.3) is 5.91 Å². The number of hydrogen-bond acceptors (Lipinski definition) is 3. The van der Waals surface area contributed by atoms with Crippen LogP contribution in [0.4, 0.5) is 5.69 Å². The Kier molecular flexibility index (Phi) is 6.79. The molecule has 0 saturated heterocycles. The summed E-state index contributed by atoms with van der Waals surface area (Å²) < 4.78 is 2.67. The smallest absolute Gasteiger partial charge is 0.277 e. The minimum absolute atomic E-state index is 0.0660. The molecule has 2 aliphatic rings. The summed E-state index contributed by atoms with van der Waals surface area (Å²) in [7, 11) is 0. The summed E-state index contributed by atoms with van der Waals surface area (Å²) in [5.74, 6) is 0.610. The molecule has 1 aliphatic carbocycles. The Bertz CT molecular complexity index is 985. The maximum absolute atomic E-state index is 12.9. The highest BCUT2D eigenvalue weighted by Crippen LogP contribution is 2.34. The van der Waals surface area contributed by atoms with Crippen LogP contribution in [-0.4, -0.2) is 21.4 Å². The summed E-state index contributed by atoms with van der Waals surface area (Å²) in [6, 6.07) is 13.1. The summed E-state index contributed by atoms with van der Waals surface area (Å²) in [4.78, 5) is 17.7. The number of nitrogens with zero attached hydrogens (tertiary/aromatic N) is 2. The lowest BCUT2D eigenvalue weighted by atomic mass is 9.95. The van der Waals surface area contributed by atoms with Crippen molar-refractivity contribution in [3.63, 3.8) is 0 Å². The van der Waals surface area contributed by atoms with Gasteiger partial charge in [0.1, 0.15) is 0 Å². The molecular formula is C21H19Cl3IN3O. The quantitative estimate of drug-likeness (QED) is 0.347. The molecule has 1 amide bonds. The van der Waals surface area contributed by atoms with E-state index >= 15 is 0 Å². The Morgan fingerprint density at radius 2 is 1.69 bits per heavy atom. The Morgan fingerprint density at radius 1 is 1.00 bits per heavy atom. The van der Waals surface area contributed by atoms with Crippen LogP contribution >= 0.6 is 55.8 Å². The minimum atomic E-state index is -0.835. The molecule has 2 aromatic rings. The maximum Gasteiger partial charge on any atom is 0.277 e. The third kappa shape index (κ3) is 4.95. The van der Waals surface area contributed by atoms with E-state index in [9.17, 15) is 4.79 Å². The van der Waals surface area contributed by atoms with Gasteiger partial charge in [0.2, 0.25) is 0 Å². The van der Waals surface area contributed by atoms with Crippen LogP contribution in [0.2, 0.25) is 15.1 Å². The number of carbonyl (C=O) groups excluding carboxylic acids is 1. The summed E-state index contributed by atoms with van der Waals surface area (Å²) in [5, 5.41) is 4.91. The number of benzene rings is 2. The topological polar surface area (TPSA) is 44.7 Å². The first-order chi connectivity index (χ1) is 14.0. The van der Waals surface area contributed by atoms with E-state index in [0.717, 1.165) is 24.1 Å². The molecule has 0 aromatic heterocycles. The molecular weight excluding hydrogens is 544 g/mol. The standard InChI is InChI=1S/C21H19Cl3IN3O/c22-13-6-9-16(10-7-13)28-20(17-11-8-14(23)12-18(17)24)27-19(25-28)21(29)26-15-4-2-1-3-5-15/h6-12,15H,1-5H2,(H,26,29). The van der Waals surface area contributed by atoms with Crippen molar-refractivity contribution in [3.05, 3.63) is 63.1 Å². The number of aliphatic imine (C=N–C) groups is 1. The number of nitrogens with one attached hydrogen (secondary N) is 1. The van der Waals surface area contributed by atoms with Gasteiger partial charge in [-0.3, -0.25) is 7.91 Å². The van der Waals surface area contributed by atoms with Crippen LogP contribution in [0, 0.1) is 0 Å². The van der Waals surface area contributed by atoms with Crippen LogP contribution in [0.3, 0.4) is 0 Å². The van der Waals surface area contributed by atoms with Gasteiger partial charge in [-0.1, -0.05) is 54.1 Å². The second-order valence-corrected chi connectivity index (χ2v) is 10.7. The van der Waals surface area contributed by atoms with E-state index in [1.807, 2.05) is 30.3 Å². The Morgan fingerprint density at radius 3 is 2.38 bits per heavy atom. The molecule has 1 aliphatic heterocycles. The van der Waals surface area contributed by atoms with Crippen molar-refractivity contribution in [3.8, 4) is 0 Å². The molecule has 152 valence electrons. The molecule has 0 atom stereocenters. The normalized spacial score (nSPS) is 17.4. The summed E-state index contributed by atoms with van der Waals surface area (Å²) in [6.07, 6.45) is 5.66. The zero-order valence-electron chi connectivity index (χ0n) is 15.5. The summed E-state index contributed by atoms with van der Waals surface area (Å²) in [6.45, 7) is 0. The first kappa shape index (κ1) is 21.1. The number of halogens is 4. The van der Waals surface area contributed by atoms with Crippen LogP contribution in [-0.2, 0) is 4.79 Å². The van der Waals surface area contributed by atoms with Crippen LogP contribution in [0.5, 0.6) is 0 Å². The third-order valence-electron chi connectivity index (χ3n) is 4.91. The molecule has 1 N–H and O–H groups in total. The molecule has 4 rings (SSSR count). The van der Waals surface area contributed by atoms with Crippen LogP contribution < -0.4 is 8.43 Å². The monoisotopic (exact) mass is 561 g/mol. The largest absolute Gasteiger partial charge is 0.348 e. The molecule has 0 spiro atoms. The molecule has 0 bridgehead atoms. The van der Waals surface area contributed by atoms with Gasteiger partial charge in [-0.15, -0.1) is 0 Å². The average molecular weight is 563 g/mol. The molecule has 29 heavy (non-hydrogen) atoms. The molecule has 0 radical (unpaired) electrons. The highest BCUT2D eigenvalue weighted by atomic mass is 127. The zero-order chi connectivity index (χ0) is 20.4. The fourth-order valence-electron chi connectivity index (χ4n) is 3.44. The molecule has 2 aromatic carbocycles. The minimum Gasteiger partial charge on any atom is -0.348 e. The van der Waals surface area contributed by atoms with Gasteiger partial charge in [-0.2, -0.15) is 0 Å². The van der Waals surface area contributed by atoms with Crippen molar-refractivity contribution in [2.75, 3.05) is 3.11 Å². The van der Waals surface area contributed by atoms with Gasteiger partial charge in [-0.25, -0.2) is 4.99 Å². The van der Waals surface area contributed by atoms with E-state index < -0.39 is 21.0 Å². The highest BCUT2D eigenvalue weighted by molar-refractivity contribution is 14.2. The average Bonchev–Trinajstić information content (AvgIpc) is 3.14. The fourth-order valence-corrected chi connectivity index (χ4v) is 6.42. The van der Waals surface area contributed by atoms with Crippen LogP contribution in [0.15, 0.2) is 47.5 Å². The Hall–Kier alpha value is -1.15. The van der Waals surface area contributed by atoms with Crippen LogP contribution in [0.25, 0.3) is 0 Å². The summed E-state index contributed by atoms with van der Waals surface area (Å²) >= 11 is 17.7. The maximum atomic E-state index is 12.9. The summed E-state index contributed by atoms with van der Waals surface area (Å²) in [5.41, 5.74) is 1.69. The third-order valence-corrected chi connectivity index (χ3v) is 8.39.